The van der Waals surface area contributed by atoms with Crippen LogP contribution < -0.4 is 0 Å². The highest BCUT2D eigenvalue weighted by atomic mass is 127. The Kier molecular flexibility index (Phi) is 7.36. The van der Waals surface area contributed by atoms with Gasteiger partial charge in [0, 0.05) is 29.8 Å². The van der Waals surface area contributed by atoms with E-state index in [0.717, 1.165) is 28.0 Å². The number of halogens is 2. The molecule has 1 unspecified atom stereocenters. The molecule has 2 nitrogen and oxygen atoms in total. The Bertz CT molecular complexity index is 307. The van der Waals surface area contributed by atoms with Gasteiger partial charge in [0.1, 0.15) is 0 Å². The van der Waals surface area contributed by atoms with Crippen LogP contribution >= 0.6 is 34.2 Å². The second kappa shape index (κ2) is 8.28. The summed E-state index contributed by atoms with van der Waals surface area (Å²) < 4.78 is 11.7. The highest BCUT2D eigenvalue weighted by Gasteiger charge is 2.10. The second-order valence-electron chi connectivity index (χ2n) is 3.42. The summed E-state index contributed by atoms with van der Waals surface area (Å²) in [6.45, 7) is 1.46. The number of benzene rings is 1. The molecule has 0 heterocycles. The van der Waals surface area contributed by atoms with Crippen LogP contribution in [0.1, 0.15) is 18.1 Å². The molecule has 0 aliphatic rings. The third kappa shape index (κ3) is 4.99. The Hall–Kier alpha value is 0.160. The van der Waals surface area contributed by atoms with Gasteiger partial charge in [-0.15, -0.1) is 0 Å². The number of hydrogen-bond donors (Lipinski definition) is 0. The first-order chi connectivity index (χ1) is 7.77. The fourth-order valence-electron chi connectivity index (χ4n) is 1.37. The Morgan fingerprint density at radius 1 is 1.38 bits per heavy atom. The van der Waals surface area contributed by atoms with Crippen molar-refractivity contribution < 1.29 is 9.47 Å². The van der Waals surface area contributed by atoms with E-state index in [2.05, 4.69) is 22.6 Å². The molecule has 0 aliphatic heterocycles. The van der Waals surface area contributed by atoms with Gasteiger partial charge in [-0.2, -0.15) is 0 Å². The van der Waals surface area contributed by atoms with E-state index in [4.69, 9.17) is 21.1 Å². The minimum Gasteiger partial charge on any atom is -0.385 e. The van der Waals surface area contributed by atoms with Crippen LogP contribution in [0.4, 0.5) is 0 Å². The van der Waals surface area contributed by atoms with Crippen LogP contribution in [0.3, 0.4) is 0 Å². The molecular formula is C12H16ClIO2. The predicted octanol–water partition coefficient (Wildman–Crippen LogP) is 3.87. The number of methoxy groups -OCH3 is 1. The van der Waals surface area contributed by atoms with Crippen LogP contribution in [0.15, 0.2) is 24.3 Å². The molecular weight excluding hydrogens is 338 g/mol. The van der Waals surface area contributed by atoms with E-state index in [1.165, 1.54) is 0 Å². The van der Waals surface area contributed by atoms with Crippen molar-refractivity contribution in [3.8, 4) is 0 Å². The average molecular weight is 355 g/mol. The maximum absolute atomic E-state index is 5.95. The summed E-state index contributed by atoms with van der Waals surface area (Å²) in [7, 11) is 1.70. The van der Waals surface area contributed by atoms with Crippen LogP contribution in [-0.2, 0) is 9.47 Å². The summed E-state index contributed by atoms with van der Waals surface area (Å²) in [5, 5.41) is 0.757. The van der Waals surface area contributed by atoms with Crippen LogP contribution in [0, 0.1) is 0 Å². The van der Waals surface area contributed by atoms with E-state index < -0.39 is 0 Å². The maximum Gasteiger partial charge on any atom is 0.0914 e. The number of alkyl halides is 1. The maximum atomic E-state index is 5.95. The van der Waals surface area contributed by atoms with Gasteiger partial charge in [-0.25, -0.2) is 0 Å². The largest absolute Gasteiger partial charge is 0.385 e. The first-order valence-electron chi connectivity index (χ1n) is 5.20. The van der Waals surface area contributed by atoms with Crippen molar-refractivity contribution in [2.75, 3.05) is 24.8 Å². The van der Waals surface area contributed by atoms with Crippen LogP contribution in [0.25, 0.3) is 0 Å². The molecule has 0 bridgehead atoms. The summed E-state index contributed by atoms with van der Waals surface area (Å²) >= 11 is 8.28. The van der Waals surface area contributed by atoms with Gasteiger partial charge in [0.05, 0.1) is 6.10 Å². The molecule has 0 spiro atoms. The highest BCUT2D eigenvalue weighted by molar-refractivity contribution is 14.1. The van der Waals surface area contributed by atoms with Crippen molar-refractivity contribution in [1.82, 2.24) is 0 Å². The lowest BCUT2D eigenvalue weighted by molar-refractivity contribution is 0.0542. The molecule has 90 valence electrons. The van der Waals surface area contributed by atoms with Gasteiger partial charge in [-0.1, -0.05) is 46.3 Å². The second-order valence-corrected chi connectivity index (χ2v) is 4.73. The van der Waals surface area contributed by atoms with Gasteiger partial charge in [-0.05, 0) is 24.1 Å². The van der Waals surface area contributed by atoms with E-state index in [-0.39, 0.29) is 6.10 Å². The van der Waals surface area contributed by atoms with Crippen LogP contribution in [-0.4, -0.2) is 24.8 Å². The normalized spacial score (nSPS) is 12.7. The standard InChI is InChI=1S/C12H16ClIO2/c1-15-6-3-7-16-12(9-14)10-4-2-5-11(13)8-10/h2,4-5,8,12H,3,6-7,9H2,1H3. The van der Waals surface area contributed by atoms with Crippen LogP contribution in [0.2, 0.25) is 5.02 Å². The third-order valence-electron chi connectivity index (χ3n) is 2.17. The zero-order chi connectivity index (χ0) is 11.8. The Labute approximate surface area is 115 Å². The molecule has 0 N–H and O–H groups in total. The highest BCUT2D eigenvalue weighted by Crippen LogP contribution is 2.22. The van der Waals surface area contributed by atoms with Gasteiger partial charge in [-0.3, -0.25) is 0 Å². The van der Waals surface area contributed by atoms with Crippen LogP contribution in [0.5, 0.6) is 0 Å². The van der Waals surface area contributed by atoms with Gasteiger partial charge in [0.25, 0.3) is 0 Å². The van der Waals surface area contributed by atoms with Gasteiger partial charge in [0.2, 0.25) is 0 Å². The van der Waals surface area contributed by atoms with E-state index in [1.54, 1.807) is 7.11 Å². The molecule has 4 heteroatoms. The first kappa shape index (κ1) is 14.2. The molecule has 0 fully saturated rings. The molecule has 1 rings (SSSR count). The minimum atomic E-state index is 0.121. The van der Waals surface area contributed by atoms with E-state index in [9.17, 15) is 0 Å². The lowest BCUT2D eigenvalue weighted by atomic mass is 10.1. The molecule has 1 aromatic rings. The molecule has 0 aliphatic carbocycles. The molecule has 0 amide bonds. The summed E-state index contributed by atoms with van der Waals surface area (Å²) in [6.07, 6.45) is 1.04. The fourth-order valence-corrected chi connectivity index (χ4v) is 2.33. The molecule has 0 saturated heterocycles. The Morgan fingerprint density at radius 2 is 2.19 bits per heavy atom. The molecule has 0 radical (unpaired) electrons. The van der Waals surface area contributed by atoms with E-state index in [1.807, 2.05) is 24.3 Å². The zero-order valence-electron chi connectivity index (χ0n) is 9.29. The average Bonchev–Trinajstić information content (AvgIpc) is 2.29. The van der Waals surface area contributed by atoms with Crippen molar-refractivity contribution in [3.05, 3.63) is 34.9 Å². The van der Waals surface area contributed by atoms with Gasteiger partial charge >= 0.3 is 0 Å². The van der Waals surface area contributed by atoms with Crippen molar-refractivity contribution in [2.24, 2.45) is 0 Å². The Morgan fingerprint density at radius 3 is 2.81 bits per heavy atom. The SMILES string of the molecule is COCCCOC(CI)c1cccc(Cl)c1. The number of hydrogen-bond acceptors (Lipinski definition) is 2. The molecule has 0 aromatic heterocycles. The molecule has 1 atom stereocenters. The summed E-state index contributed by atoms with van der Waals surface area (Å²) in [5.74, 6) is 0. The van der Waals surface area contributed by atoms with Gasteiger partial charge in [0.15, 0.2) is 0 Å². The lowest BCUT2D eigenvalue weighted by Gasteiger charge is -2.16. The smallest absolute Gasteiger partial charge is 0.0914 e. The monoisotopic (exact) mass is 354 g/mol. The minimum absolute atomic E-state index is 0.121. The predicted molar refractivity (Wildman–Crippen MR) is 75.5 cm³/mol. The number of rotatable bonds is 7. The lowest BCUT2D eigenvalue weighted by Crippen LogP contribution is -2.08. The van der Waals surface area contributed by atoms with Gasteiger partial charge < -0.3 is 9.47 Å². The summed E-state index contributed by atoms with van der Waals surface area (Å²) in [4.78, 5) is 0. The van der Waals surface area contributed by atoms with E-state index in [0.29, 0.717) is 6.61 Å². The molecule has 1 aromatic carbocycles. The molecule has 0 saturated carbocycles. The summed E-state index contributed by atoms with van der Waals surface area (Å²) in [6, 6.07) is 7.84. The van der Waals surface area contributed by atoms with Crippen molar-refractivity contribution in [3.63, 3.8) is 0 Å². The zero-order valence-corrected chi connectivity index (χ0v) is 12.2. The fraction of sp³-hybridized carbons (Fsp3) is 0.500. The van der Waals surface area contributed by atoms with Crippen molar-refractivity contribution >= 4 is 34.2 Å². The summed E-state index contributed by atoms with van der Waals surface area (Å²) in [5.41, 5.74) is 1.14. The first-order valence-corrected chi connectivity index (χ1v) is 7.10. The topological polar surface area (TPSA) is 18.5 Å². The van der Waals surface area contributed by atoms with E-state index >= 15 is 0 Å². The quantitative estimate of drug-likeness (QED) is 0.420. The Balaban J connectivity index is 2.47. The third-order valence-corrected chi connectivity index (χ3v) is 3.21. The number of ether oxygens (including phenoxy) is 2. The van der Waals surface area contributed by atoms with Crippen molar-refractivity contribution in [1.29, 1.82) is 0 Å². The van der Waals surface area contributed by atoms with Crippen molar-refractivity contribution in [2.45, 2.75) is 12.5 Å². The molecule has 16 heavy (non-hydrogen) atoms.